The number of benzene rings is 1. The molecule has 0 bridgehead atoms. The summed E-state index contributed by atoms with van der Waals surface area (Å²) in [5.74, 6) is -2.09. The topological polar surface area (TPSA) is 29.1 Å². The van der Waals surface area contributed by atoms with Crippen molar-refractivity contribution in [2.45, 2.75) is 57.9 Å². The lowest BCUT2D eigenvalue weighted by Gasteiger charge is -2.31. The minimum Gasteiger partial charge on any atom is -0.349 e. The van der Waals surface area contributed by atoms with E-state index in [0.29, 0.717) is 5.92 Å². The van der Waals surface area contributed by atoms with E-state index in [-0.39, 0.29) is 11.6 Å². The average molecular weight is 295 g/mol. The molecule has 1 unspecified atom stereocenters. The summed E-state index contributed by atoms with van der Waals surface area (Å²) in [6.45, 7) is 2.07. The molecule has 1 aromatic rings. The van der Waals surface area contributed by atoms with Crippen molar-refractivity contribution in [2.75, 3.05) is 0 Å². The van der Waals surface area contributed by atoms with Gasteiger partial charge in [-0.2, -0.15) is 0 Å². The van der Waals surface area contributed by atoms with E-state index in [0.717, 1.165) is 31.7 Å². The molecule has 0 heterocycles. The van der Waals surface area contributed by atoms with E-state index in [1.54, 1.807) is 0 Å². The van der Waals surface area contributed by atoms with Gasteiger partial charge in [-0.25, -0.2) is 8.78 Å². The predicted molar refractivity (Wildman–Crippen MR) is 79.1 cm³/mol. The van der Waals surface area contributed by atoms with Crippen LogP contribution in [0.25, 0.3) is 0 Å². The first-order valence-corrected chi connectivity index (χ1v) is 7.88. The van der Waals surface area contributed by atoms with Crippen molar-refractivity contribution in [1.29, 1.82) is 0 Å². The Morgan fingerprint density at radius 1 is 1.29 bits per heavy atom. The molecule has 1 N–H and O–H groups in total. The first kappa shape index (κ1) is 15.9. The molecule has 1 atom stereocenters. The second-order valence-corrected chi connectivity index (χ2v) is 5.87. The van der Waals surface area contributed by atoms with Crippen LogP contribution in [0.1, 0.15) is 62.2 Å². The van der Waals surface area contributed by atoms with E-state index < -0.39 is 17.5 Å². The molecule has 0 saturated heterocycles. The van der Waals surface area contributed by atoms with Gasteiger partial charge in [-0.05, 0) is 37.3 Å². The minimum absolute atomic E-state index is 0.0606. The molecule has 1 saturated carbocycles. The summed E-state index contributed by atoms with van der Waals surface area (Å²) in [6.07, 6.45) is 7.69. The highest BCUT2D eigenvalue weighted by atomic mass is 19.2. The van der Waals surface area contributed by atoms with Crippen LogP contribution < -0.4 is 5.32 Å². The summed E-state index contributed by atoms with van der Waals surface area (Å²) in [4.78, 5) is 12.2. The van der Waals surface area contributed by atoms with Crippen molar-refractivity contribution in [2.24, 2.45) is 5.92 Å². The lowest BCUT2D eigenvalue weighted by molar-refractivity contribution is 0.0904. The van der Waals surface area contributed by atoms with E-state index in [1.807, 2.05) is 0 Å². The molecule has 1 aliphatic rings. The standard InChI is InChI=1S/C17H23F2NO/c1-2-7-15(12-8-4-3-5-9-12)20-17(21)13-10-6-11-14(18)16(13)19/h6,10-12,15H,2-5,7-9H2,1H3,(H,20,21). The number of carbonyl (C=O) groups is 1. The second kappa shape index (κ2) is 7.53. The molecule has 0 radical (unpaired) electrons. The summed E-state index contributed by atoms with van der Waals surface area (Å²) < 4.78 is 26.9. The summed E-state index contributed by atoms with van der Waals surface area (Å²) >= 11 is 0. The third-order valence-electron chi connectivity index (χ3n) is 4.33. The Morgan fingerprint density at radius 3 is 2.67 bits per heavy atom. The van der Waals surface area contributed by atoms with Crippen LogP contribution in [0.3, 0.4) is 0 Å². The molecule has 1 fully saturated rings. The van der Waals surface area contributed by atoms with Gasteiger partial charge in [0, 0.05) is 6.04 Å². The fourth-order valence-electron chi connectivity index (χ4n) is 3.20. The molecule has 116 valence electrons. The van der Waals surface area contributed by atoms with Crippen molar-refractivity contribution in [3.8, 4) is 0 Å². The highest BCUT2D eigenvalue weighted by Gasteiger charge is 2.26. The third-order valence-corrected chi connectivity index (χ3v) is 4.33. The molecule has 4 heteroatoms. The Bertz CT molecular complexity index is 484. The Labute approximate surface area is 124 Å². The van der Waals surface area contributed by atoms with Gasteiger partial charge in [0.1, 0.15) is 0 Å². The number of rotatable bonds is 5. The van der Waals surface area contributed by atoms with Crippen LogP contribution in [0.5, 0.6) is 0 Å². The molecular weight excluding hydrogens is 272 g/mol. The third kappa shape index (κ3) is 4.02. The first-order valence-electron chi connectivity index (χ1n) is 7.88. The maximum atomic E-state index is 13.7. The van der Waals surface area contributed by atoms with Crippen LogP contribution in [0.15, 0.2) is 18.2 Å². The largest absolute Gasteiger partial charge is 0.349 e. The molecule has 0 spiro atoms. The number of hydrogen-bond donors (Lipinski definition) is 1. The van der Waals surface area contributed by atoms with Crippen molar-refractivity contribution in [3.05, 3.63) is 35.4 Å². The molecule has 21 heavy (non-hydrogen) atoms. The minimum atomic E-state index is -1.06. The molecule has 1 aliphatic carbocycles. The Balaban J connectivity index is 2.08. The van der Waals surface area contributed by atoms with Gasteiger partial charge in [0.25, 0.3) is 5.91 Å². The highest BCUT2D eigenvalue weighted by Crippen LogP contribution is 2.28. The van der Waals surface area contributed by atoms with Crippen molar-refractivity contribution >= 4 is 5.91 Å². The van der Waals surface area contributed by atoms with Gasteiger partial charge in [-0.15, -0.1) is 0 Å². The summed E-state index contributed by atoms with van der Waals surface area (Å²) in [7, 11) is 0. The molecule has 1 amide bonds. The SMILES string of the molecule is CCCC(NC(=O)c1cccc(F)c1F)C1CCCCC1. The highest BCUT2D eigenvalue weighted by molar-refractivity contribution is 5.94. The number of nitrogens with one attached hydrogen (secondary N) is 1. The van der Waals surface area contributed by atoms with Crippen molar-refractivity contribution < 1.29 is 13.6 Å². The lowest BCUT2D eigenvalue weighted by atomic mass is 9.82. The van der Waals surface area contributed by atoms with Gasteiger partial charge in [-0.3, -0.25) is 4.79 Å². The van der Waals surface area contributed by atoms with E-state index in [1.165, 1.54) is 31.4 Å². The van der Waals surface area contributed by atoms with Gasteiger partial charge in [0.05, 0.1) is 5.56 Å². The predicted octanol–water partition coefficient (Wildman–Crippen LogP) is 4.44. The first-order chi connectivity index (χ1) is 10.1. The van der Waals surface area contributed by atoms with Crippen LogP contribution >= 0.6 is 0 Å². The normalized spacial score (nSPS) is 17.5. The van der Waals surface area contributed by atoms with E-state index in [9.17, 15) is 13.6 Å². The van der Waals surface area contributed by atoms with Crippen molar-refractivity contribution in [3.63, 3.8) is 0 Å². The zero-order valence-electron chi connectivity index (χ0n) is 12.5. The molecule has 0 aromatic heterocycles. The van der Waals surface area contributed by atoms with Gasteiger partial charge < -0.3 is 5.32 Å². The second-order valence-electron chi connectivity index (χ2n) is 5.87. The maximum Gasteiger partial charge on any atom is 0.254 e. The fraction of sp³-hybridized carbons (Fsp3) is 0.588. The molecule has 1 aromatic carbocycles. The number of carbonyl (C=O) groups excluding carboxylic acids is 1. The van der Waals surface area contributed by atoms with Gasteiger partial charge in [0.2, 0.25) is 0 Å². The summed E-state index contributed by atoms with van der Waals surface area (Å²) in [6, 6.07) is 3.78. The van der Waals surface area contributed by atoms with Crippen LogP contribution in [-0.4, -0.2) is 11.9 Å². The van der Waals surface area contributed by atoms with Crippen LogP contribution in [-0.2, 0) is 0 Å². The van der Waals surface area contributed by atoms with E-state index in [2.05, 4.69) is 12.2 Å². The molecule has 0 aliphatic heterocycles. The Morgan fingerprint density at radius 2 is 2.00 bits per heavy atom. The van der Waals surface area contributed by atoms with Crippen LogP contribution in [0.4, 0.5) is 8.78 Å². The Hall–Kier alpha value is -1.45. The van der Waals surface area contributed by atoms with Crippen LogP contribution in [0, 0.1) is 17.6 Å². The molecule has 2 rings (SSSR count). The monoisotopic (exact) mass is 295 g/mol. The molecule has 2 nitrogen and oxygen atoms in total. The van der Waals surface area contributed by atoms with Gasteiger partial charge in [0.15, 0.2) is 11.6 Å². The van der Waals surface area contributed by atoms with Crippen molar-refractivity contribution in [1.82, 2.24) is 5.32 Å². The van der Waals surface area contributed by atoms with Crippen LogP contribution in [0.2, 0.25) is 0 Å². The quantitative estimate of drug-likeness (QED) is 0.854. The molecular formula is C17H23F2NO. The van der Waals surface area contributed by atoms with Gasteiger partial charge in [-0.1, -0.05) is 38.7 Å². The van der Waals surface area contributed by atoms with E-state index >= 15 is 0 Å². The summed E-state index contributed by atoms with van der Waals surface area (Å²) in [5.41, 5.74) is -0.202. The smallest absolute Gasteiger partial charge is 0.254 e. The summed E-state index contributed by atoms with van der Waals surface area (Å²) in [5, 5.41) is 2.93. The number of hydrogen-bond acceptors (Lipinski definition) is 1. The average Bonchev–Trinajstić information content (AvgIpc) is 2.50. The number of amides is 1. The Kier molecular flexibility index (Phi) is 5.71. The zero-order valence-corrected chi connectivity index (χ0v) is 12.5. The fourth-order valence-corrected chi connectivity index (χ4v) is 3.20. The van der Waals surface area contributed by atoms with Gasteiger partial charge >= 0.3 is 0 Å². The lowest BCUT2D eigenvalue weighted by Crippen LogP contribution is -2.41. The zero-order chi connectivity index (χ0) is 15.2. The number of halogens is 2. The van der Waals surface area contributed by atoms with E-state index in [4.69, 9.17) is 0 Å². The maximum absolute atomic E-state index is 13.7.